The van der Waals surface area contributed by atoms with Crippen molar-refractivity contribution in [2.75, 3.05) is 13.1 Å². The number of hydrogen-bond donors (Lipinski definition) is 2. The molecule has 0 heterocycles. The molecule has 1 fully saturated rings. The van der Waals surface area contributed by atoms with E-state index in [2.05, 4.69) is 26.1 Å². The average molecular weight is 170 g/mol. The molecule has 0 unspecified atom stereocenters. The lowest BCUT2D eigenvalue weighted by Gasteiger charge is -2.24. The highest BCUT2D eigenvalue weighted by molar-refractivity contribution is 5.00. The monoisotopic (exact) mass is 170 g/mol. The van der Waals surface area contributed by atoms with Crippen LogP contribution >= 0.6 is 0 Å². The molecular weight excluding hydrogens is 148 g/mol. The summed E-state index contributed by atoms with van der Waals surface area (Å²) >= 11 is 0. The minimum absolute atomic E-state index is 0.157. The van der Waals surface area contributed by atoms with Gasteiger partial charge in [0.15, 0.2) is 0 Å². The predicted octanol–water partition coefficient (Wildman–Crippen LogP) is 1.50. The molecule has 72 valence electrons. The van der Waals surface area contributed by atoms with Gasteiger partial charge in [-0.15, -0.1) is 0 Å². The molecule has 0 bridgehead atoms. The van der Waals surface area contributed by atoms with Gasteiger partial charge in [0.05, 0.1) is 0 Å². The first kappa shape index (κ1) is 10.0. The van der Waals surface area contributed by atoms with E-state index < -0.39 is 0 Å². The summed E-state index contributed by atoms with van der Waals surface area (Å²) in [6.45, 7) is 8.89. The Balaban J connectivity index is 2.09. The lowest BCUT2D eigenvalue weighted by molar-refractivity contribution is 0.323. The van der Waals surface area contributed by atoms with E-state index in [-0.39, 0.29) is 5.54 Å². The van der Waals surface area contributed by atoms with E-state index in [0.29, 0.717) is 5.41 Å². The largest absolute Gasteiger partial charge is 0.324 e. The standard InChI is InChI=1S/C10H22N2/c1-4-9(2,3)7-12-8-10(11)5-6-10/h12H,4-8,11H2,1-3H3. The molecule has 2 nitrogen and oxygen atoms in total. The van der Waals surface area contributed by atoms with E-state index in [1.54, 1.807) is 0 Å². The van der Waals surface area contributed by atoms with Gasteiger partial charge in [0, 0.05) is 18.6 Å². The fraction of sp³-hybridized carbons (Fsp3) is 1.00. The SMILES string of the molecule is CCC(C)(C)CNCC1(N)CC1. The van der Waals surface area contributed by atoms with E-state index in [1.807, 2.05) is 0 Å². The van der Waals surface area contributed by atoms with E-state index in [9.17, 15) is 0 Å². The third-order valence-corrected chi connectivity index (χ3v) is 2.93. The normalized spacial score (nSPS) is 21.0. The van der Waals surface area contributed by atoms with Crippen molar-refractivity contribution in [3.8, 4) is 0 Å². The van der Waals surface area contributed by atoms with Crippen LogP contribution in [0.5, 0.6) is 0 Å². The first-order valence-electron chi connectivity index (χ1n) is 4.97. The van der Waals surface area contributed by atoms with Crippen molar-refractivity contribution in [2.24, 2.45) is 11.1 Å². The van der Waals surface area contributed by atoms with Gasteiger partial charge in [-0.2, -0.15) is 0 Å². The molecule has 1 rings (SSSR count). The van der Waals surface area contributed by atoms with Crippen LogP contribution in [0.2, 0.25) is 0 Å². The predicted molar refractivity (Wildman–Crippen MR) is 53.1 cm³/mol. The third-order valence-electron chi connectivity index (χ3n) is 2.93. The summed E-state index contributed by atoms with van der Waals surface area (Å²) in [5.74, 6) is 0. The molecular formula is C10H22N2. The van der Waals surface area contributed by atoms with Gasteiger partial charge in [-0.25, -0.2) is 0 Å². The van der Waals surface area contributed by atoms with Crippen molar-refractivity contribution in [3.63, 3.8) is 0 Å². The van der Waals surface area contributed by atoms with E-state index in [4.69, 9.17) is 5.73 Å². The summed E-state index contributed by atoms with van der Waals surface area (Å²) < 4.78 is 0. The van der Waals surface area contributed by atoms with Crippen LogP contribution in [-0.4, -0.2) is 18.6 Å². The van der Waals surface area contributed by atoms with Gasteiger partial charge >= 0.3 is 0 Å². The molecule has 0 aromatic rings. The summed E-state index contributed by atoms with van der Waals surface area (Å²) in [4.78, 5) is 0. The van der Waals surface area contributed by atoms with Crippen LogP contribution in [0, 0.1) is 5.41 Å². The van der Waals surface area contributed by atoms with Gasteiger partial charge in [0.2, 0.25) is 0 Å². The fourth-order valence-electron chi connectivity index (χ4n) is 1.11. The van der Waals surface area contributed by atoms with Crippen LogP contribution in [0.4, 0.5) is 0 Å². The molecule has 1 aliphatic rings. The fourth-order valence-corrected chi connectivity index (χ4v) is 1.11. The molecule has 1 saturated carbocycles. The van der Waals surface area contributed by atoms with Gasteiger partial charge in [-0.3, -0.25) is 0 Å². The number of nitrogens with one attached hydrogen (secondary N) is 1. The number of hydrogen-bond acceptors (Lipinski definition) is 2. The van der Waals surface area contributed by atoms with E-state index >= 15 is 0 Å². The van der Waals surface area contributed by atoms with Gasteiger partial charge in [0.1, 0.15) is 0 Å². The Kier molecular flexibility index (Phi) is 2.79. The molecule has 0 radical (unpaired) electrons. The molecule has 0 saturated heterocycles. The lowest BCUT2D eigenvalue weighted by atomic mass is 9.90. The molecule has 0 aromatic carbocycles. The second kappa shape index (κ2) is 3.35. The summed E-state index contributed by atoms with van der Waals surface area (Å²) in [6.07, 6.45) is 3.62. The van der Waals surface area contributed by atoms with Crippen LogP contribution in [0.3, 0.4) is 0 Å². The second-order valence-corrected chi connectivity index (χ2v) is 4.98. The Bertz CT molecular complexity index is 148. The van der Waals surface area contributed by atoms with Crippen molar-refractivity contribution >= 4 is 0 Å². The molecule has 0 aliphatic heterocycles. The Hall–Kier alpha value is -0.0800. The summed E-state index contributed by atoms with van der Waals surface area (Å²) in [6, 6.07) is 0. The highest BCUT2D eigenvalue weighted by atomic mass is 15.0. The molecule has 0 spiro atoms. The van der Waals surface area contributed by atoms with Crippen LogP contribution in [0.1, 0.15) is 40.0 Å². The average Bonchev–Trinajstić information content (AvgIpc) is 2.68. The summed E-state index contributed by atoms with van der Waals surface area (Å²) in [5.41, 5.74) is 6.53. The van der Waals surface area contributed by atoms with E-state index in [1.165, 1.54) is 19.3 Å². The van der Waals surface area contributed by atoms with Gasteiger partial charge in [0.25, 0.3) is 0 Å². The van der Waals surface area contributed by atoms with Crippen LogP contribution in [0.15, 0.2) is 0 Å². The number of nitrogens with two attached hydrogens (primary N) is 1. The Morgan fingerprint density at radius 1 is 1.42 bits per heavy atom. The zero-order chi connectivity index (χ0) is 9.24. The highest BCUT2D eigenvalue weighted by Crippen LogP contribution is 2.31. The van der Waals surface area contributed by atoms with Gasteiger partial charge in [-0.05, 0) is 24.7 Å². The molecule has 2 heteroatoms. The maximum Gasteiger partial charge on any atom is 0.0282 e. The zero-order valence-corrected chi connectivity index (χ0v) is 8.61. The van der Waals surface area contributed by atoms with E-state index in [0.717, 1.165) is 13.1 Å². The maximum atomic E-state index is 5.95. The second-order valence-electron chi connectivity index (χ2n) is 4.98. The molecule has 0 amide bonds. The molecule has 0 atom stereocenters. The third kappa shape index (κ3) is 3.11. The van der Waals surface area contributed by atoms with Crippen LogP contribution < -0.4 is 11.1 Å². The molecule has 3 N–H and O–H groups in total. The van der Waals surface area contributed by atoms with Crippen molar-refractivity contribution in [3.05, 3.63) is 0 Å². The Morgan fingerprint density at radius 3 is 2.42 bits per heavy atom. The van der Waals surface area contributed by atoms with Crippen molar-refractivity contribution in [1.82, 2.24) is 5.32 Å². The highest BCUT2D eigenvalue weighted by Gasteiger charge is 2.37. The lowest BCUT2D eigenvalue weighted by Crippen LogP contribution is -2.39. The van der Waals surface area contributed by atoms with Gasteiger partial charge < -0.3 is 11.1 Å². The first-order valence-corrected chi connectivity index (χ1v) is 4.97. The zero-order valence-electron chi connectivity index (χ0n) is 8.61. The maximum absolute atomic E-state index is 5.95. The number of rotatable bonds is 5. The molecule has 1 aliphatic carbocycles. The summed E-state index contributed by atoms with van der Waals surface area (Å²) in [5, 5.41) is 3.45. The topological polar surface area (TPSA) is 38.0 Å². The van der Waals surface area contributed by atoms with Gasteiger partial charge in [-0.1, -0.05) is 20.8 Å². The van der Waals surface area contributed by atoms with Crippen molar-refractivity contribution in [1.29, 1.82) is 0 Å². The molecule has 0 aromatic heterocycles. The quantitative estimate of drug-likeness (QED) is 0.656. The van der Waals surface area contributed by atoms with Crippen LogP contribution in [0.25, 0.3) is 0 Å². The summed E-state index contributed by atoms with van der Waals surface area (Å²) in [7, 11) is 0. The first-order chi connectivity index (χ1) is 5.47. The molecule has 12 heavy (non-hydrogen) atoms. The Morgan fingerprint density at radius 2 is 2.00 bits per heavy atom. The minimum atomic E-state index is 0.157. The smallest absolute Gasteiger partial charge is 0.0282 e. The minimum Gasteiger partial charge on any atom is -0.324 e. The van der Waals surface area contributed by atoms with Crippen molar-refractivity contribution in [2.45, 2.75) is 45.6 Å². The van der Waals surface area contributed by atoms with Crippen molar-refractivity contribution < 1.29 is 0 Å². The van der Waals surface area contributed by atoms with Crippen LogP contribution in [-0.2, 0) is 0 Å². The Labute approximate surface area is 75.9 Å².